The quantitative estimate of drug-likeness (QED) is 0.141. The van der Waals surface area contributed by atoms with Crippen LogP contribution in [0.1, 0.15) is 65.5 Å². The number of allylic oxidation sites excluding steroid dienone is 2. The van der Waals surface area contributed by atoms with E-state index in [-0.39, 0.29) is 12.0 Å². The number of benzene rings is 6. The smallest absolute Gasteiger partial charge is 0.0696 e. The molecule has 3 unspecified atom stereocenters. The average Bonchev–Trinajstić information content (AvgIpc) is 3.71. The molecule has 0 spiro atoms. The van der Waals surface area contributed by atoms with Crippen molar-refractivity contribution in [2.45, 2.75) is 49.9 Å². The van der Waals surface area contributed by atoms with Gasteiger partial charge in [0, 0.05) is 23.6 Å². The van der Waals surface area contributed by atoms with Gasteiger partial charge in [-0.25, -0.2) is 0 Å². The maximum atomic E-state index is 10.2. The van der Waals surface area contributed by atoms with Crippen LogP contribution in [0.15, 0.2) is 187 Å². The van der Waals surface area contributed by atoms with E-state index in [1.807, 2.05) is 0 Å². The average molecular weight is 673 g/mol. The van der Waals surface area contributed by atoms with Gasteiger partial charge in [0.25, 0.3) is 0 Å². The van der Waals surface area contributed by atoms with Crippen molar-refractivity contribution in [3.63, 3.8) is 0 Å². The van der Waals surface area contributed by atoms with E-state index in [2.05, 4.69) is 188 Å². The summed E-state index contributed by atoms with van der Waals surface area (Å²) < 4.78 is 0. The molecule has 3 aliphatic rings. The van der Waals surface area contributed by atoms with E-state index in [0.717, 1.165) is 41.8 Å². The summed E-state index contributed by atoms with van der Waals surface area (Å²) in [5, 5.41) is 0. The van der Waals surface area contributed by atoms with Gasteiger partial charge in [0.2, 0.25) is 0 Å². The first-order valence-corrected chi connectivity index (χ1v) is 18.6. The van der Waals surface area contributed by atoms with Crippen molar-refractivity contribution in [1.82, 2.24) is 0 Å². The molecule has 3 nitrogen and oxygen atoms in total. The topological polar surface area (TPSA) is 39.4 Å². The van der Waals surface area contributed by atoms with Crippen LogP contribution in [-0.2, 0) is 5.41 Å². The Morgan fingerprint density at radius 3 is 2.00 bits per heavy atom. The number of rotatable bonds is 9. The van der Waals surface area contributed by atoms with E-state index in [0.29, 0.717) is 0 Å². The van der Waals surface area contributed by atoms with Crippen LogP contribution in [0.25, 0.3) is 22.4 Å². The summed E-state index contributed by atoms with van der Waals surface area (Å²) in [7, 11) is 0. The molecule has 0 saturated carbocycles. The molecule has 1 N–H and O–H groups in total. The number of hydrogen-bond donors (Lipinski definition) is 0. The predicted octanol–water partition coefficient (Wildman–Crippen LogP) is 12.0. The first kappa shape index (κ1) is 32.2. The van der Waals surface area contributed by atoms with E-state index >= 15 is 0 Å². The van der Waals surface area contributed by atoms with E-state index < -0.39 is 11.7 Å². The van der Waals surface area contributed by atoms with E-state index in [1.165, 1.54) is 44.5 Å². The van der Waals surface area contributed by atoms with Gasteiger partial charge in [-0.05, 0) is 74.6 Å². The highest BCUT2D eigenvalue weighted by Crippen LogP contribution is 2.62. The van der Waals surface area contributed by atoms with Crippen molar-refractivity contribution in [1.29, 1.82) is 0 Å². The first-order valence-electron chi connectivity index (χ1n) is 18.6. The zero-order chi connectivity index (χ0) is 35.1. The normalized spacial score (nSPS) is 18.8. The van der Waals surface area contributed by atoms with Gasteiger partial charge < -0.3 is 10.6 Å². The Morgan fingerprint density at radius 1 is 0.712 bits per heavy atom. The van der Waals surface area contributed by atoms with Gasteiger partial charge in [0.05, 0.1) is 11.5 Å². The summed E-state index contributed by atoms with van der Waals surface area (Å²) in [6, 6.07) is 58.9. The van der Waals surface area contributed by atoms with Crippen LogP contribution in [-0.4, -0.2) is 18.0 Å². The fourth-order valence-corrected chi connectivity index (χ4v) is 9.09. The fourth-order valence-electron chi connectivity index (χ4n) is 9.09. The van der Waals surface area contributed by atoms with Crippen molar-refractivity contribution in [3.8, 4) is 11.1 Å². The Bertz CT molecular complexity index is 2270. The summed E-state index contributed by atoms with van der Waals surface area (Å²) in [6.45, 7) is 2.22. The number of aliphatic imine (C=N–C) groups is 1. The molecule has 0 saturated heterocycles. The summed E-state index contributed by atoms with van der Waals surface area (Å²) >= 11 is 0. The summed E-state index contributed by atoms with van der Waals surface area (Å²) in [5.74, 6) is 0.0542. The van der Waals surface area contributed by atoms with Gasteiger partial charge in [0.15, 0.2) is 0 Å². The van der Waals surface area contributed by atoms with E-state index in [9.17, 15) is 5.73 Å². The molecule has 52 heavy (non-hydrogen) atoms. The minimum Gasteiger partial charge on any atom is -0.638 e. The molecule has 0 fully saturated rings. The van der Waals surface area contributed by atoms with Crippen LogP contribution in [0.5, 0.6) is 0 Å². The molecule has 254 valence electrons. The van der Waals surface area contributed by atoms with Crippen LogP contribution < -0.4 is 4.90 Å². The summed E-state index contributed by atoms with van der Waals surface area (Å²) in [5.41, 5.74) is 24.0. The molecule has 0 radical (unpaired) electrons. The molecular weight excluding hydrogens is 631 g/mol. The Balaban J connectivity index is 1.31. The Labute approximate surface area is 307 Å². The molecule has 1 heterocycles. The largest absolute Gasteiger partial charge is 0.638 e. The number of unbranched alkanes of at least 4 members (excludes halogenated alkanes) is 1. The fraction of sp³-hybridized carbons (Fsp3) is 0.163. The predicted molar refractivity (Wildman–Crippen MR) is 217 cm³/mol. The van der Waals surface area contributed by atoms with Crippen LogP contribution in [0.4, 0.5) is 5.69 Å². The van der Waals surface area contributed by atoms with Crippen LogP contribution in [0, 0.1) is 0 Å². The number of anilines is 1. The number of fused-ring (bicyclic) bond motifs is 6. The van der Waals surface area contributed by atoms with Crippen molar-refractivity contribution in [2.24, 2.45) is 4.99 Å². The van der Waals surface area contributed by atoms with Gasteiger partial charge in [-0.2, -0.15) is 0 Å². The van der Waals surface area contributed by atoms with Gasteiger partial charge >= 0.3 is 0 Å². The maximum absolute atomic E-state index is 10.2. The monoisotopic (exact) mass is 672 g/mol. The van der Waals surface area contributed by atoms with Gasteiger partial charge in [-0.3, -0.25) is 4.99 Å². The third-order valence-corrected chi connectivity index (χ3v) is 11.3. The van der Waals surface area contributed by atoms with E-state index in [1.54, 1.807) is 0 Å². The maximum Gasteiger partial charge on any atom is 0.0696 e. The number of nitrogens with one attached hydrogen (secondary N) is 1. The molecule has 3 heteroatoms. The van der Waals surface area contributed by atoms with Crippen LogP contribution in [0.3, 0.4) is 0 Å². The Morgan fingerprint density at radius 2 is 1.33 bits per heavy atom. The van der Waals surface area contributed by atoms with Gasteiger partial charge in [0.1, 0.15) is 0 Å². The molecule has 0 bridgehead atoms. The lowest BCUT2D eigenvalue weighted by Crippen LogP contribution is -2.47. The highest BCUT2D eigenvalue weighted by Gasteiger charge is 2.55. The second-order valence-electron chi connectivity index (χ2n) is 14.2. The SMILES string of the molecule is CCCC/C(=N\C([NH-])N1c2cc(-c3ccccc3)ccc2C2C=CC3=C(C21)C(c1ccccc1)(c1ccccc1)c1ccccc13)c1ccccc1. The van der Waals surface area contributed by atoms with Crippen molar-refractivity contribution >= 4 is 17.0 Å². The highest BCUT2D eigenvalue weighted by molar-refractivity contribution is 6.01. The van der Waals surface area contributed by atoms with Gasteiger partial charge in [-0.1, -0.05) is 183 Å². The lowest BCUT2D eigenvalue weighted by Gasteiger charge is -2.46. The van der Waals surface area contributed by atoms with Crippen molar-refractivity contribution < 1.29 is 0 Å². The Hall–Kier alpha value is -5.77. The molecule has 3 atom stereocenters. The van der Waals surface area contributed by atoms with E-state index in [4.69, 9.17) is 4.99 Å². The molecule has 2 aliphatic carbocycles. The zero-order valence-electron chi connectivity index (χ0n) is 29.5. The summed E-state index contributed by atoms with van der Waals surface area (Å²) in [4.78, 5) is 7.73. The molecule has 9 rings (SSSR count). The zero-order valence-corrected chi connectivity index (χ0v) is 29.5. The minimum absolute atomic E-state index is 0.0542. The third-order valence-electron chi connectivity index (χ3n) is 11.3. The second kappa shape index (κ2) is 13.4. The molecule has 6 aromatic carbocycles. The number of hydrogen-bond acceptors (Lipinski definition) is 2. The first-order chi connectivity index (χ1) is 25.7. The molecule has 6 aromatic rings. The van der Waals surface area contributed by atoms with Crippen LogP contribution in [0.2, 0.25) is 0 Å². The molecule has 0 aromatic heterocycles. The van der Waals surface area contributed by atoms with Gasteiger partial charge in [-0.15, -0.1) is 0 Å². The van der Waals surface area contributed by atoms with Crippen LogP contribution >= 0.6 is 0 Å². The van der Waals surface area contributed by atoms with Crippen molar-refractivity contribution in [3.05, 3.63) is 221 Å². The summed E-state index contributed by atoms with van der Waals surface area (Å²) in [6.07, 6.45) is 6.85. The third kappa shape index (κ3) is 5.11. The number of nitrogens with zero attached hydrogens (tertiary/aromatic N) is 2. The molecule has 1 aliphatic heterocycles. The second-order valence-corrected chi connectivity index (χ2v) is 14.2. The van der Waals surface area contributed by atoms with Crippen molar-refractivity contribution in [2.75, 3.05) is 4.90 Å². The molecule has 0 amide bonds. The highest BCUT2D eigenvalue weighted by atomic mass is 15.4. The standard InChI is InChI=1S/C49H42N3/c1-2-3-28-44(35-20-10-5-11-21-35)51-48(50)52-45-33-36(34-18-8-4-9-19-34)29-30-40(45)42-32-31-41-39-26-16-17-27-43(39)49(46(41)47(42)52,37-22-12-6-13-23-37)38-24-14-7-15-25-38/h4-27,29-33,42,47-48,50H,2-3,28H2,1H3/q-1/b51-44+. The molecular formula is C49H42N3-. The lowest BCUT2D eigenvalue weighted by molar-refractivity contribution is 0.552. The lowest BCUT2D eigenvalue weighted by atomic mass is 9.63. The Kier molecular flexibility index (Phi) is 8.29. The minimum atomic E-state index is -0.861.